The minimum Gasteiger partial charge on any atom is -0.743 e. The van der Waals surface area contributed by atoms with Gasteiger partial charge in [-0.3, -0.25) is 0 Å². The van der Waals surface area contributed by atoms with Crippen LogP contribution >= 0.6 is 11.6 Å². The number of carbonyl (C=O) groups is 1. The molecule has 3 aromatic rings. The van der Waals surface area contributed by atoms with Gasteiger partial charge in [-0.25, -0.2) is 17.6 Å². The molecule has 0 atom stereocenters. The molecule has 0 N–H and O–H groups in total. The number of hydrogen-bond acceptors (Lipinski definition) is 5. The van der Waals surface area contributed by atoms with Crippen LogP contribution in [0.15, 0.2) is 99.6 Å². The number of alkyl halides is 3. The lowest BCUT2D eigenvalue weighted by Gasteiger charge is -2.17. The van der Waals surface area contributed by atoms with E-state index in [0.29, 0.717) is 18.7 Å². The average Bonchev–Trinajstić information content (AvgIpc) is 2.90. The van der Waals surface area contributed by atoms with Gasteiger partial charge in [0.2, 0.25) is 0 Å². The number of benzene rings is 3. The molecule has 0 aliphatic carbocycles. The zero-order valence-electron chi connectivity index (χ0n) is 20.4. The number of esters is 1. The van der Waals surface area contributed by atoms with Gasteiger partial charge in [-0.05, 0) is 61.4 Å². The van der Waals surface area contributed by atoms with Crippen molar-refractivity contribution in [2.45, 2.75) is 52.0 Å². The minimum atomic E-state index is -6.03. The monoisotopic (exact) mass is 588 g/mol. The Balaban J connectivity index is 0.000000269. The van der Waals surface area contributed by atoms with Crippen LogP contribution in [-0.4, -0.2) is 36.7 Å². The van der Waals surface area contributed by atoms with Crippen molar-refractivity contribution in [3.63, 3.8) is 0 Å². The third-order valence-corrected chi connectivity index (χ3v) is 8.36. The molecule has 38 heavy (non-hydrogen) atoms. The molecule has 0 saturated carbocycles. The highest BCUT2D eigenvalue weighted by atomic mass is 35.5. The predicted octanol–water partition coefficient (Wildman–Crippen LogP) is 6.78. The Morgan fingerprint density at radius 2 is 1.24 bits per heavy atom. The standard InChI is InChI=1S/C18H14FS.C9H15ClF2O5S/c19-15-11-13-18(14-12-15)20(16-7-3-1-4-8-16)17-9-5-2-6-10-17;10-6-4-2-1-3-5-7-17-8(13)9(11,12)18(14,15)16/h1-14H;1-7H2,(H,14,15,16)/q+1;/p-1. The smallest absolute Gasteiger partial charge is 0.428 e. The second-order valence-corrected chi connectivity index (χ2v) is 11.8. The summed E-state index contributed by atoms with van der Waals surface area (Å²) in [7, 11) is -6.22. The molecule has 0 unspecified atom stereocenters. The van der Waals surface area contributed by atoms with Crippen LogP contribution < -0.4 is 0 Å². The van der Waals surface area contributed by atoms with Crippen molar-refractivity contribution in [2.24, 2.45) is 0 Å². The molecule has 0 radical (unpaired) electrons. The fourth-order valence-corrected chi connectivity index (χ4v) is 5.71. The van der Waals surface area contributed by atoms with E-state index in [1.807, 2.05) is 48.5 Å². The maximum Gasteiger partial charge on any atom is 0.428 e. The van der Waals surface area contributed by atoms with Gasteiger partial charge in [-0.15, -0.1) is 11.6 Å². The van der Waals surface area contributed by atoms with Crippen molar-refractivity contribution in [1.29, 1.82) is 0 Å². The third kappa shape index (κ3) is 9.98. The molecule has 0 heterocycles. The molecule has 3 aromatic carbocycles. The summed E-state index contributed by atoms with van der Waals surface area (Å²) in [6, 6.07) is 27.5. The third-order valence-electron chi connectivity index (χ3n) is 5.07. The summed E-state index contributed by atoms with van der Waals surface area (Å²) in [5, 5.41) is -5.02. The number of carbonyl (C=O) groups excluding carboxylic acids is 1. The van der Waals surface area contributed by atoms with Gasteiger partial charge >= 0.3 is 11.2 Å². The second kappa shape index (κ2) is 15.8. The van der Waals surface area contributed by atoms with Crippen LogP contribution in [0.25, 0.3) is 0 Å². The van der Waals surface area contributed by atoms with E-state index in [4.69, 9.17) is 11.6 Å². The van der Waals surface area contributed by atoms with Crippen molar-refractivity contribution < 1.29 is 35.7 Å². The molecular weight excluding hydrogens is 561 g/mol. The molecule has 0 aromatic heterocycles. The van der Waals surface area contributed by atoms with Crippen molar-refractivity contribution in [1.82, 2.24) is 0 Å². The SMILES string of the molecule is Fc1ccc([S+](c2ccccc2)c2ccccc2)cc1.O=C(OCCCCCCCCl)C(F)(F)S(=O)(=O)[O-]. The van der Waals surface area contributed by atoms with Gasteiger partial charge in [-0.1, -0.05) is 55.7 Å². The van der Waals surface area contributed by atoms with E-state index in [2.05, 4.69) is 29.0 Å². The molecule has 0 bridgehead atoms. The van der Waals surface area contributed by atoms with E-state index in [1.54, 1.807) is 0 Å². The molecule has 11 heteroatoms. The summed E-state index contributed by atoms with van der Waals surface area (Å²) >= 11 is 5.44. The molecular formula is C27H28ClF3O5S2. The van der Waals surface area contributed by atoms with Crippen molar-refractivity contribution in [3.05, 3.63) is 90.7 Å². The first-order chi connectivity index (χ1) is 18.1. The van der Waals surface area contributed by atoms with Crippen molar-refractivity contribution in [3.8, 4) is 0 Å². The molecule has 0 aliphatic heterocycles. The molecule has 0 spiro atoms. The van der Waals surface area contributed by atoms with Gasteiger partial charge in [0.15, 0.2) is 24.8 Å². The lowest BCUT2D eigenvalue weighted by Crippen LogP contribution is -2.39. The first-order valence-electron chi connectivity index (χ1n) is 11.7. The van der Waals surface area contributed by atoms with Crippen molar-refractivity contribution in [2.75, 3.05) is 12.5 Å². The Hall–Kier alpha value is -2.53. The summed E-state index contributed by atoms with van der Waals surface area (Å²) in [5.74, 6) is -1.97. The van der Waals surface area contributed by atoms with E-state index in [-0.39, 0.29) is 23.3 Å². The molecule has 206 valence electrons. The Labute approximate surface area is 229 Å². The number of ether oxygens (including phenoxy) is 1. The molecule has 0 fully saturated rings. The van der Waals surface area contributed by atoms with Crippen LogP contribution in [0, 0.1) is 5.82 Å². The van der Waals surface area contributed by atoms with Gasteiger partial charge in [0.05, 0.1) is 17.5 Å². The number of halogens is 4. The maximum absolute atomic E-state index is 13.2. The fourth-order valence-electron chi connectivity index (χ4n) is 3.17. The van der Waals surface area contributed by atoms with E-state index in [1.165, 1.54) is 21.9 Å². The van der Waals surface area contributed by atoms with Gasteiger partial charge in [0.1, 0.15) is 5.82 Å². The first-order valence-corrected chi connectivity index (χ1v) is 14.9. The summed E-state index contributed by atoms with van der Waals surface area (Å²) in [6.45, 7) is -0.342. The Morgan fingerprint density at radius 3 is 1.71 bits per heavy atom. The second-order valence-electron chi connectivity index (χ2n) is 7.95. The van der Waals surface area contributed by atoms with E-state index in [9.17, 15) is 30.9 Å². The largest absolute Gasteiger partial charge is 0.743 e. The van der Waals surface area contributed by atoms with Crippen LogP contribution in [0.1, 0.15) is 32.1 Å². The summed E-state index contributed by atoms with van der Waals surface area (Å²) in [5.41, 5.74) is 0. The Bertz CT molecular complexity index is 1170. The van der Waals surface area contributed by atoms with Crippen LogP contribution in [0.5, 0.6) is 0 Å². The van der Waals surface area contributed by atoms with Crippen molar-refractivity contribution >= 4 is 38.6 Å². The van der Waals surface area contributed by atoms with E-state index < -0.39 is 21.3 Å². The average molecular weight is 589 g/mol. The quantitative estimate of drug-likeness (QED) is 0.0766. The van der Waals surface area contributed by atoms with Crippen LogP contribution in [0.4, 0.5) is 13.2 Å². The predicted molar refractivity (Wildman–Crippen MR) is 141 cm³/mol. The minimum absolute atomic E-state index is 0.190. The number of hydrogen-bond donors (Lipinski definition) is 0. The normalized spacial score (nSPS) is 11.5. The summed E-state index contributed by atoms with van der Waals surface area (Å²) in [4.78, 5) is 14.3. The van der Waals surface area contributed by atoms with Gasteiger partial charge < -0.3 is 9.29 Å². The lowest BCUT2D eigenvalue weighted by atomic mass is 10.2. The topological polar surface area (TPSA) is 83.5 Å². The lowest BCUT2D eigenvalue weighted by molar-refractivity contribution is -0.161. The van der Waals surface area contributed by atoms with Gasteiger partial charge in [-0.2, -0.15) is 8.78 Å². The maximum atomic E-state index is 13.2. The molecule has 0 amide bonds. The first kappa shape index (κ1) is 31.7. The molecule has 0 aliphatic rings. The highest BCUT2D eigenvalue weighted by molar-refractivity contribution is 7.97. The highest BCUT2D eigenvalue weighted by Gasteiger charge is 2.48. The molecule has 3 rings (SSSR count). The van der Waals surface area contributed by atoms with E-state index in [0.717, 1.165) is 24.2 Å². The molecule has 5 nitrogen and oxygen atoms in total. The number of rotatable bonds is 12. The fraction of sp³-hybridized carbons (Fsp3) is 0.296. The summed E-state index contributed by atoms with van der Waals surface area (Å²) < 4.78 is 72.7. The number of unbranched alkanes of at least 4 members (excludes halogenated alkanes) is 4. The van der Waals surface area contributed by atoms with Gasteiger partial charge in [0, 0.05) is 5.88 Å². The Morgan fingerprint density at radius 1 is 0.789 bits per heavy atom. The Kier molecular flexibility index (Phi) is 13.2. The van der Waals surface area contributed by atoms with Crippen LogP contribution in [0.2, 0.25) is 0 Å². The highest BCUT2D eigenvalue weighted by Crippen LogP contribution is 2.30. The zero-order chi connectivity index (χ0) is 28.0. The molecule has 0 saturated heterocycles. The van der Waals surface area contributed by atoms with Gasteiger partial charge in [0.25, 0.3) is 0 Å². The van der Waals surface area contributed by atoms with E-state index >= 15 is 0 Å². The van der Waals surface area contributed by atoms with Crippen LogP contribution in [0.3, 0.4) is 0 Å². The summed E-state index contributed by atoms with van der Waals surface area (Å²) in [6.07, 6.45) is 3.49. The zero-order valence-corrected chi connectivity index (χ0v) is 22.8. The van der Waals surface area contributed by atoms with Crippen LogP contribution in [-0.2, 0) is 30.5 Å².